The maximum absolute atomic E-state index is 11.1. The summed E-state index contributed by atoms with van der Waals surface area (Å²) in [6, 6.07) is 0.401. The maximum atomic E-state index is 11.1. The molecule has 0 heterocycles. The molecule has 0 aromatic rings. The van der Waals surface area contributed by atoms with Crippen LogP contribution in [-0.4, -0.2) is 18.7 Å². The third-order valence-corrected chi connectivity index (χ3v) is 3.32. The minimum atomic E-state index is -0.236. The zero-order valence-electron chi connectivity index (χ0n) is 8.08. The summed E-state index contributed by atoms with van der Waals surface area (Å²) in [5, 5.41) is 2.95. The van der Waals surface area contributed by atoms with Gasteiger partial charge in [0.05, 0.1) is 6.61 Å². The molecule has 2 aliphatic rings. The molecule has 74 valence electrons. The van der Waals surface area contributed by atoms with E-state index in [2.05, 4.69) is 5.32 Å². The quantitative estimate of drug-likeness (QED) is 0.710. The molecule has 0 radical (unpaired) electrons. The molecule has 0 aromatic heterocycles. The molecule has 13 heavy (non-hydrogen) atoms. The summed E-state index contributed by atoms with van der Waals surface area (Å²) in [4.78, 5) is 11.1. The first-order valence-corrected chi connectivity index (χ1v) is 5.23. The third-order valence-electron chi connectivity index (χ3n) is 3.32. The first kappa shape index (κ1) is 8.85. The number of nitrogens with one attached hydrogen (secondary N) is 1. The predicted octanol–water partition coefficient (Wildman–Crippen LogP) is 1.92. The van der Waals surface area contributed by atoms with E-state index in [4.69, 9.17) is 4.74 Å². The van der Waals surface area contributed by atoms with Crippen molar-refractivity contribution >= 4 is 6.09 Å². The zero-order valence-corrected chi connectivity index (χ0v) is 8.08. The van der Waals surface area contributed by atoms with Crippen LogP contribution in [0.1, 0.15) is 32.6 Å². The number of hydrogen-bond donors (Lipinski definition) is 1. The Balaban J connectivity index is 1.79. The largest absolute Gasteiger partial charge is 0.450 e. The summed E-state index contributed by atoms with van der Waals surface area (Å²) < 4.78 is 4.86. The molecule has 3 unspecified atom stereocenters. The fourth-order valence-corrected chi connectivity index (χ4v) is 2.75. The van der Waals surface area contributed by atoms with Gasteiger partial charge in [0.1, 0.15) is 0 Å². The van der Waals surface area contributed by atoms with Gasteiger partial charge in [-0.1, -0.05) is 6.42 Å². The molecule has 3 heteroatoms. The van der Waals surface area contributed by atoms with Crippen LogP contribution in [0.5, 0.6) is 0 Å². The van der Waals surface area contributed by atoms with Gasteiger partial charge in [0.15, 0.2) is 0 Å². The molecular formula is C10H17NO2. The lowest BCUT2D eigenvalue weighted by Crippen LogP contribution is -2.38. The van der Waals surface area contributed by atoms with Gasteiger partial charge in [-0.05, 0) is 38.0 Å². The van der Waals surface area contributed by atoms with Crippen LogP contribution in [0, 0.1) is 11.8 Å². The number of alkyl carbamates (subject to hydrolysis) is 1. The van der Waals surface area contributed by atoms with E-state index in [0.29, 0.717) is 12.6 Å². The van der Waals surface area contributed by atoms with Gasteiger partial charge >= 0.3 is 6.09 Å². The number of rotatable bonds is 2. The van der Waals surface area contributed by atoms with Gasteiger partial charge in [0.25, 0.3) is 0 Å². The highest BCUT2D eigenvalue weighted by molar-refractivity contribution is 5.67. The summed E-state index contributed by atoms with van der Waals surface area (Å²) in [5.74, 6) is 1.60. The lowest BCUT2D eigenvalue weighted by atomic mass is 9.96. The molecule has 2 aliphatic carbocycles. The van der Waals surface area contributed by atoms with E-state index in [1.54, 1.807) is 0 Å². The first-order valence-electron chi connectivity index (χ1n) is 5.23. The van der Waals surface area contributed by atoms with Gasteiger partial charge in [-0.15, -0.1) is 0 Å². The highest BCUT2D eigenvalue weighted by atomic mass is 16.5. The summed E-state index contributed by atoms with van der Waals surface area (Å²) in [5.41, 5.74) is 0. The second-order valence-electron chi connectivity index (χ2n) is 4.15. The molecule has 3 nitrogen and oxygen atoms in total. The Hall–Kier alpha value is -0.730. The summed E-state index contributed by atoms with van der Waals surface area (Å²) in [6.45, 7) is 2.30. The zero-order chi connectivity index (χ0) is 9.26. The van der Waals surface area contributed by atoms with Crippen molar-refractivity contribution in [1.29, 1.82) is 0 Å². The van der Waals surface area contributed by atoms with Crippen LogP contribution in [0.2, 0.25) is 0 Å². The fourth-order valence-electron chi connectivity index (χ4n) is 2.75. The highest BCUT2D eigenvalue weighted by Crippen LogP contribution is 2.44. The van der Waals surface area contributed by atoms with E-state index in [1.807, 2.05) is 6.92 Å². The highest BCUT2D eigenvalue weighted by Gasteiger charge is 2.40. The van der Waals surface area contributed by atoms with E-state index < -0.39 is 0 Å². The van der Waals surface area contributed by atoms with Crippen molar-refractivity contribution in [2.24, 2.45) is 11.8 Å². The van der Waals surface area contributed by atoms with Crippen LogP contribution in [0.3, 0.4) is 0 Å². The lowest BCUT2D eigenvalue weighted by molar-refractivity contribution is 0.143. The maximum Gasteiger partial charge on any atom is 0.407 e. The van der Waals surface area contributed by atoms with Gasteiger partial charge in [0.2, 0.25) is 0 Å². The van der Waals surface area contributed by atoms with Crippen LogP contribution in [-0.2, 0) is 4.74 Å². The second-order valence-corrected chi connectivity index (χ2v) is 4.15. The molecule has 2 fully saturated rings. The van der Waals surface area contributed by atoms with Crippen molar-refractivity contribution in [2.45, 2.75) is 38.6 Å². The molecule has 0 aliphatic heterocycles. The van der Waals surface area contributed by atoms with Crippen molar-refractivity contribution in [3.8, 4) is 0 Å². The van der Waals surface area contributed by atoms with Crippen molar-refractivity contribution < 1.29 is 9.53 Å². The van der Waals surface area contributed by atoms with Crippen molar-refractivity contribution in [3.63, 3.8) is 0 Å². The van der Waals surface area contributed by atoms with Gasteiger partial charge in [-0.2, -0.15) is 0 Å². The standard InChI is InChI=1S/C10H17NO2/c1-2-13-10(12)11-9-6-7-3-4-8(9)5-7/h7-9H,2-6H2,1H3,(H,11,12). The van der Waals surface area contributed by atoms with Gasteiger partial charge < -0.3 is 10.1 Å². The van der Waals surface area contributed by atoms with E-state index in [9.17, 15) is 4.79 Å². The molecule has 3 atom stereocenters. The molecule has 0 aromatic carbocycles. The number of fused-ring (bicyclic) bond motifs is 2. The Morgan fingerprint density at radius 3 is 2.85 bits per heavy atom. The second kappa shape index (κ2) is 3.56. The Kier molecular flexibility index (Phi) is 2.42. The fraction of sp³-hybridized carbons (Fsp3) is 0.900. The van der Waals surface area contributed by atoms with Crippen LogP contribution >= 0.6 is 0 Å². The smallest absolute Gasteiger partial charge is 0.407 e. The number of amides is 1. The van der Waals surface area contributed by atoms with Crippen molar-refractivity contribution in [1.82, 2.24) is 5.32 Å². The molecule has 2 saturated carbocycles. The van der Waals surface area contributed by atoms with E-state index >= 15 is 0 Å². The van der Waals surface area contributed by atoms with Gasteiger partial charge in [-0.3, -0.25) is 0 Å². The van der Waals surface area contributed by atoms with E-state index in [0.717, 1.165) is 11.8 Å². The average Bonchev–Trinajstić information content (AvgIpc) is 2.65. The Labute approximate surface area is 78.8 Å². The molecule has 2 rings (SSSR count). The van der Waals surface area contributed by atoms with Gasteiger partial charge in [-0.25, -0.2) is 4.79 Å². The molecule has 1 N–H and O–H groups in total. The third kappa shape index (κ3) is 1.79. The average molecular weight is 183 g/mol. The summed E-state index contributed by atoms with van der Waals surface area (Å²) >= 11 is 0. The Morgan fingerprint density at radius 1 is 1.46 bits per heavy atom. The van der Waals surface area contributed by atoms with Crippen molar-refractivity contribution in [3.05, 3.63) is 0 Å². The van der Waals surface area contributed by atoms with E-state index in [1.165, 1.54) is 25.7 Å². The number of hydrogen-bond acceptors (Lipinski definition) is 2. The minimum Gasteiger partial charge on any atom is -0.450 e. The first-order chi connectivity index (χ1) is 6.29. The topological polar surface area (TPSA) is 38.3 Å². The number of ether oxygens (including phenoxy) is 1. The summed E-state index contributed by atoms with van der Waals surface area (Å²) in [6.07, 6.45) is 4.91. The number of carbonyl (C=O) groups excluding carboxylic acids is 1. The summed E-state index contributed by atoms with van der Waals surface area (Å²) in [7, 11) is 0. The number of carbonyl (C=O) groups is 1. The molecular weight excluding hydrogens is 166 g/mol. The SMILES string of the molecule is CCOC(=O)NC1CC2CCC1C2. The lowest BCUT2D eigenvalue weighted by Gasteiger charge is -2.22. The minimum absolute atomic E-state index is 0.236. The van der Waals surface area contributed by atoms with E-state index in [-0.39, 0.29) is 6.09 Å². The predicted molar refractivity (Wildman–Crippen MR) is 49.4 cm³/mol. The molecule has 0 saturated heterocycles. The monoisotopic (exact) mass is 183 g/mol. The van der Waals surface area contributed by atoms with Crippen molar-refractivity contribution in [2.75, 3.05) is 6.61 Å². The van der Waals surface area contributed by atoms with Crippen LogP contribution in [0.4, 0.5) is 4.79 Å². The van der Waals surface area contributed by atoms with Crippen LogP contribution in [0.15, 0.2) is 0 Å². The molecule has 0 spiro atoms. The van der Waals surface area contributed by atoms with Crippen LogP contribution < -0.4 is 5.32 Å². The normalized spacial score (nSPS) is 36.2. The molecule has 1 amide bonds. The Bertz CT molecular complexity index is 205. The Morgan fingerprint density at radius 2 is 2.31 bits per heavy atom. The van der Waals surface area contributed by atoms with Gasteiger partial charge in [0, 0.05) is 6.04 Å². The van der Waals surface area contributed by atoms with Crippen LogP contribution in [0.25, 0.3) is 0 Å². The molecule has 2 bridgehead atoms.